The number of halogens is 1. The van der Waals surface area contributed by atoms with Gasteiger partial charge in [0.05, 0.1) is 30.0 Å². The fourth-order valence-corrected chi connectivity index (χ4v) is 3.99. The molecule has 134 valence electrons. The number of nitrogens with zero attached hydrogens (tertiary/aromatic N) is 2. The molecule has 0 fully saturated rings. The Hall–Kier alpha value is -2.37. The minimum atomic E-state index is -1.14. The van der Waals surface area contributed by atoms with Crippen molar-refractivity contribution in [1.29, 1.82) is 0 Å². The maximum Gasteiger partial charge on any atom is 0.118 e. The summed E-state index contributed by atoms with van der Waals surface area (Å²) in [5.74, 6) is 1.40. The molecule has 4 nitrogen and oxygen atoms in total. The van der Waals surface area contributed by atoms with E-state index in [0.29, 0.717) is 10.8 Å². The van der Waals surface area contributed by atoms with Gasteiger partial charge in [0.25, 0.3) is 0 Å². The molecule has 0 spiro atoms. The van der Waals surface area contributed by atoms with E-state index in [1.165, 1.54) is 0 Å². The topological polar surface area (TPSA) is 44.1 Å². The van der Waals surface area contributed by atoms with E-state index in [1.54, 1.807) is 7.11 Å². The van der Waals surface area contributed by atoms with Crippen molar-refractivity contribution in [2.75, 3.05) is 12.9 Å². The number of hydrogen-bond acceptors (Lipinski definition) is 3. The number of ether oxygens (including phenoxy) is 1. The lowest BCUT2D eigenvalue weighted by molar-refractivity contribution is 0.415. The first kappa shape index (κ1) is 18.4. The minimum absolute atomic E-state index is 0.264. The summed E-state index contributed by atoms with van der Waals surface area (Å²) < 4.78 is 19.4. The maximum absolute atomic E-state index is 12.4. The summed E-state index contributed by atoms with van der Waals surface area (Å²) in [5, 5.41) is 5.12. The zero-order chi connectivity index (χ0) is 18.5. The normalized spacial score (nSPS) is 11.9. The van der Waals surface area contributed by atoms with Crippen LogP contribution >= 0.6 is 11.6 Å². The summed E-state index contributed by atoms with van der Waals surface area (Å²) in [4.78, 5) is 0. The highest BCUT2D eigenvalue weighted by atomic mass is 35.5. The van der Waals surface area contributed by atoms with Crippen molar-refractivity contribution < 1.29 is 8.95 Å². The van der Waals surface area contributed by atoms with Gasteiger partial charge in [0.1, 0.15) is 5.75 Å². The van der Waals surface area contributed by atoms with Crippen LogP contribution in [0.3, 0.4) is 0 Å². The average molecular weight is 387 g/mol. The number of rotatable bonds is 7. The molecule has 0 amide bonds. The molecular formula is C20H19ClN2O2S. The first-order valence-corrected chi connectivity index (χ1v) is 9.90. The summed E-state index contributed by atoms with van der Waals surface area (Å²) in [7, 11) is 0.488. The van der Waals surface area contributed by atoms with Crippen LogP contribution in [0.2, 0.25) is 0 Å². The van der Waals surface area contributed by atoms with Crippen LogP contribution in [-0.4, -0.2) is 26.9 Å². The smallest absolute Gasteiger partial charge is 0.118 e. The molecule has 2 aromatic carbocycles. The number of benzene rings is 2. The number of aromatic nitrogens is 2. The lowest BCUT2D eigenvalue weighted by atomic mass is 10.1. The van der Waals surface area contributed by atoms with E-state index in [9.17, 15) is 4.21 Å². The largest absolute Gasteiger partial charge is 0.497 e. The van der Waals surface area contributed by atoms with E-state index in [4.69, 9.17) is 21.4 Å². The van der Waals surface area contributed by atoms with Gasteiger partial charge in [-0.05, 0) is 36.4 Å². The van der Waals surface area contributed by atoms with Crippen LogP contribution in [0.15, 0.2) is 72.4 Å². The minimum Gasteiger partial charge on any atom is -0.497 e. The van der Waals surface area contributed by atoms with Crippen LogP contribution in [-0.2, 0) is 16.6 Å². The Bertz CT molecular complexity index is 921. The monoisotopic (exact) mass is 386 g/mol. The van der Waals surface area contributed by atoms with Crippen LogP contribution in [0.4, 0.5) is 0 Å². The predicted molar refractivity (Wildman–Crippen MR) is 107 cm³/mol. The van der Waals surface area contributed by atoms with Crippen molar-refractivity contribution in [1.82, 2.24) is 9.78 Å². The van der Waals surface area contributed by atoms with E-state index in [2.05, 4.69) is 6.58 Å². The Kier molecular flexibility index (Phi) is 5.91. The molecule has 1 heterocycles. The second kappa shape index (κ2) is 8.34. The van der Waals surface area contributed by atoms with Gasteiger partial charge in [0.2, 0.25) is 0 Å². The molecule has 0 aliphatic rings. The van der Waals surface area contributed by atoms with Gasteiger partial charge in [-0.15, -0.1) is 0 Å². The fourth-order valence-electron chi connectivity index (χ4n) is 2.62. The number of para-hydroxylation sites is 1. The second-order valence-corrected chi connectivity index (χ2v) is 7.75. The van der Waals surface area contributed by atoms with Crippen LogP contribution in [0.5, 0.6) is 5.75 Å². The summed E-state index contributed by atoms with van der Waals surface area (Å²) in [5.41, 5.74) is 3.58. The third-order valence-electron chi connectivity index (χ3n) is 3.81. The molecule has 0 radical (unpaired) electrons. The van der Waals surface area contributed by atoms with E-state index in [-0.39, 0.29) is 5.75 Å². The van der Waals surface area contributed by atoms with Crippen molar-refractivity contribution in [3.05, 3.63) is 78.0 Å². The third kappa shape index (κ3) is 4.42. The summed E-state index contributed by atoms with van der Waals surface area (Å²) in [6.07, 6.45) is 1.92. The van der Waals surface area contributed by atoms with Gasteiger partial charge in [0, 0.05) is 33.2 Å². The van der Waals surface area contributed by atoms with Crippen molar-refractivity contribution in [3.8, 4) is 22.7 Å². The number of methoxy groups -OCH3 is 1. The molecule has 6 heteroatoms. The summed E-state index contributed by atoms with van der Waals surface area (Å²) in [6, 6.07) is 17.5. The molecular weight excluding hydrogens is 368 g/mol. The van der Waals surface area contributed by atoms with E-state index < -0.39 is 10.8 Å². The van der Waals surface area contributed by atoms with Gasteiger partial charge in [0.15, 0.2) is 0 Å². The quantitative estimate of drug-likeness (QED) is 0.598. The molecule has 1 unspecified atom stereocenters. The molecule has 0 aliphatic carbocycles. The summed E-state index contributed by atoms with van der Waals surface area (Å²) in [6.45, 7) is 3.63. The van der Waals surface area contributed by atoms with Crippen molar-refractivity contribution in [2.45, 2.75) is 5.75 Å². The van der Waals surface area contributed by atoms with E-state index in [0.717, 1.165) is 28.3 Å². The Labute approximate surface area is 160 Å². The van der Waals surface area contributed by atoms with Crippen LogP contribution in [0.1, 0.15) is 5.56 Å². The standard InChI is InChI=1S/C20H19ClN2O2S/c1-15(21)13-26(24)14-17-12-23(18-6-4-3-5-7-18)22-20(17)16-8-10-19(25-2)11-9-16/h3-12H,1,13-14H2,2H3. The maximum atomic E-state index is 12.4. The Morgan fingerprint density at radius 1 is 1.19 bits per heavy atom. The van der Waals surface area contributed by atoms with Crippen molar-refractivity contribution >= 4 is 22.4 Å². The molecule has 26 heavy (non-hydrogen) atoms. The Morgan fingerprint density at radius 2 is 1.88 bits per heavy atom. The molecule has 3 rings (SSSR count). The SMILES string of the molecule is C=C(Cl)CS(=O)Cc1cn(-c2ccccc2)nc1-c1ccc(OC)cc1. The van der Waals surface area contributed by atoms with Crippen molar-refractivity contribution in [3.63, 3.8) is 0 Å². The summed E-state index contributed by atoms with van der Waals surface area (Å²) >= 11 is 5.81. The van der Waals surface area contributed by atoms with Gasteiger partial charge < -0.3 is 4.74 Å². The average Bonchev–Trinajstić information content (AvgIpc) is 3.05. The second-order valence-electron chi connectivity index (χ2n) is 5.76. The lowest BCUT2D eigenvalue weighted by Gasteiger charge is -2.04. The molecule has 1 aromatic heterocycles. The van der Waals surface area contributed by atoms with Gasteiger partial charge in [-0.2, -0.15) is 5.10 Å². The number of hydrogen-bond donors (Lipinski definition) is 0. The third-order valence-corrected chi connectivity index (χ3v) is 5.40. The van der Waals surface area contributed by atoms with Gasteiger partial charge in [-0.25, -0.2) is 4.68 Å². The zero-order valence-electron chi connectivity index (χ0n) is 14.4. The lowest BCUT2D eigenvalue weighted by Crippen LogP contribution is -2.01. The first-order chi connectivity index (χ1) is 12.6. The highest BCUT2D eigenvalue weighted by Crippen LogP contribution is 2.27. The molecule has 0 aliphatic heterocycles. The molecule has 0 N–H and O–H groups in total. The van der Waals surface area contributed by atoms with Gasteiger partial charge >= 0.3 is 0 Å². The van der Waals surface area contributed by atoms with Crippen LogP contribution in [0, 0.1) is 0 Å². The Morgan fingerprint density at radius 3 is 2.50 bits per heavy atom. The van der Waals surface area contributed by atoms with Crippen LogP contribution in [0.25, 0.3) is 16.9 Å². The zero-order valence-corrected chi connectivity index (χ0v) is 16.0. The molecule has 0 saturated carbocycles. The first-order valence-electron chi connectivity index (χ1n) is 8.03. The predicted octanol–water partition coefficient (Wildman–Crippen LogP) is 4.55. The highest BCUT2D eigenvalue weighted by molar-refractivity contribution is 7.84. The van der Waals surface area contributed by atoms with Gasteiger partial charge in [-0.3, -0.25) is 4.21 Å². The van der Waals surface area contributed by atoms with Gasteiger partial charge in [-0.1, -0.05) is 36.4 Å². The van der Waals surface area contributed by atoms with Crippen LogP contribution < -0.4 is 4.74 Å². The Balaban J connectivity index is 2.00. The van der Waals surface area contributed by atoms with E-state index >= 15 is 0 Å². The fraction of sp³-hybridized carbons (Fsp3) is 0.150. The molecule has 0 bridgehead atoms. The molecule has 3 aromatic rings. The highest BCUT2D eigenvalue weighted by Gasteiger charge is 2.15. The van der Waals surface area contributed by atoms with Crippen molar-refractivity contribution in [2.24, 2.45) is 0 Å². The molecule has 0 saturated heterocycles. The molecule has 1 atom stereocenters. The van der Waals surface area contributed by atoms with E-state index in [1.807, 2.05) is 65.5 Å².